The van der Waals surface area contributed by atoms with Crippen LogP contribution in [0.3, 0.4) is 0 Å². The third-order valence-corrected chi connectivity index (χ3v) is 3.06. The Balaban J connectivity index is 2.06. The van der Waals surface area contributed by atoms with Crippen LogP contribution in [0, 0.1) is 6.92 Å². The van der Waals surface area contributed by atoms with Gasteiger partial charge in [-0.15, -0.1) is 0 Å². The van der Waals surface area contributed by atoms with Crippen molar-refractivity contribution in [1.29, 1.82) is 0 Å². The molecule has 4 heteroatoms. The number of aromatic nitrogens is 3. The van der Waals surface area contributed by atoms with Crippen LogP contribution < -0.4 is 5.32 Å². The smallest absolute Gasteiger partial charge is 0.137 e. The summed E-state index contributed by atoms with van der Waals surface area (Å²) in [6.07, 6.45) is 7.38. The van der Waals surface area contributed by atoms with Crippen molar-refractivity contribution in [3.8, 4) is 0 Å². The molecule has 1 aliphatic carbocycles. The molecule has 2 aromatic heterocycles. The average molecular weight is 214 g/mol. The van der Waals surface area contributed by atoms with Gasteiger partial charge >= 0.3 is 0 Å². The molecule has 0 radical (unpaired) electrons. The predicted octanol–water partition coefficient (Wildman–Crippen LogP) is 2.30. The Bertz CT molecular complexity index is 519. The lowest BCUT2D eigenvalue weighted by Gasteiger charge is -2.27. The van der Waals surface area contributed by atoms with Crippen molar-refractivity contribution in [2.75, 3.05) is 5.32 Å². The Morgan fingerprint density at radius 3 is 2.94 bits per heavy atom. The van der Waals surface area contributed by atoms with Crippen molar-refractivity contribution in [1.82, 2.24) is 15.0 Å². The molecule has 0 aliphatic heterocycles. The van der Waals surface area contributed by atoms with Gasteiger partial charge in [-0.05, 0) is 32.3 Å². The molecule has 1 aliphatic rings. The molecule has 2 aromatic rings. The van der Waals surface area contributed by atoms with E-state index in [1.54, 1.807) is 12.4 Å². The molecule has 0 amide bonds. The molecule has 2 heterocycles. The first-order chi connectivity index (χ1) is 7.83. The van der Waals surface area contributed by atoms with Gasteiger partial charge < -0.3 is 5.32 Å². The number of nitrogens with one attached hydrogen (secondary N) is 1. The fourth-order valence-corrected chi connectivity index (χ4v) is 1.95. The Labute approximate surface area is 94.1 Å². The SMILES string of the molecule is Cc1nc(NC2CCC2)c2ccncc2n1. The van der Waals surface area contributed by atoms with Crippen molar-refractivity contribution in [3.63, 3.8) is 0 Å². The highest BCUT2D eigenvalue weighted by atomic mass is 15.1. The lowest BCUT2D eigenvalue weighted by molar-refractivity contribution is 0.444. The minimum absolute atomic E-state index is 0.589. The van der Waals surface area contributed by atoms with E-state index in [0.717, 1.165) is 22.5 Å². The first-order valence-electron chi connectivity index (χ1n) is 5.68. The van der Waals surface area contributed by atoms with Crippen LogP contribution in [-0.2, 0) is 0 Å². The summed E-state index contributed by atoms with van der Waals surface area (Å²) in [7, 11) is 0. The van der Waals surface area contributed by atoms with Gasteiger partial charge in [0.25, 0.3) is 0 Å². The van der Waals surface area contributed by atoms with Crippen LogP contribution in [0.4, 0.5) is 5.82 Å². The molecule has 0 bridgehead atoms. The number of fused-ring (bicyclic) bond motifs is 1. The molecule has 4 nitrogen and oxygen atoms in total. The predicted molar refractivity (Wildman–Crippen MR) is 63.3 cm³/mol. The minimum atomic E-state index is 0.589. The summed E-state index contributed by atoms with van der Waals surface area (Å²) in [4.78, 5) is 12.9. The molecule has 1 N–H and O–H groups in total. The largest absolute Gasteiger partial charge is 0.367 e. The molecule has 1 saturated carbocycles. The maximum atomic E-state index is 4.47. The minimum Gasteiger partial charge on any atom is -0.367 e. The highest BCUT2D eigenvalue weighted by molar-refractivity contribution is 5.88. The zero-order valence-electron chi connectivity index (χ0n) is 9.27. The van der Waals surface area contributed by atoms with E-state index in [9.17, 15) is 0 Å². The Hall–Kier alpha value is -1.71. The molecule has 82 valence electrons. The van der Waals surface area contributed by atoms with Gasteiger partial charge in [0.2, 0.25) is 0 Å². The number of anilines is 1. The zero-order chi connectivity index (χ0) is 11.0. The van der Waals surface area contributed by atoms with Gasteiger partial charge in [0, 0.05) is 17.6 Å². The second-order valence-electron chi connectivity index (χ2n) is 4.28. The zero-order valence-corrected chi connectivity index (χ0v) is 9.27. The van der Waals surface area contributed by atoms with Gasteiger partial charge in [-0.1, -0.05) is 0 Å². The number of aryl methyl sites for hydroxylation is 1. The van der Waals surface area contributed by atoms with E-state index >= 15 is 0 Å². The highest BCUT2D eigenvalue weighted by Crippen LogP contribution is 2.26. The van der Waals surface area contributed by atoms with Crippen molar-refractivity contribution in [2.45, 2.75) is 32.2 Å². The number of hydrogen-bond donors (Lipinski definition) is 1. The summed E-state index contributed by atoms with van der Waals surface area (Å²) in [6.45, 7) is 1.92. The summed E-state index contributed by atoms with van der Waals surface area (Å²) < 4.78 is 0. The van der Waals surface area contributed by atoms with E-state index in [1.165, 1.54) is 19.3 Å². The molecule has 0 unspecified atom stereocenters. The first-order valence-corrected chi connectivity index (χ1v) is 5.68. The van der Waals surface area contributed by atoms with Gasteiger partial charge in [0.1, 0.15) is 11.6 Å². The van der Waals surface area contributed by atoms with E-state index in [-0.39, 0.29) is 0 Å². The maximum absolute atomic E-state index is 4.47. The van der Waals surface area contributed by atoms with E-state index in [4.69, 9.17) is 0 Å². The van der Waals surface area contributed by atoms with E-state index in [0.29, 0.717) is 6.04 Å². The summed E-state index contributed by atoms with van der Waals surface area (Å²) in [5, 5.41) is 4.55. The second-order valence-corrected chi connectivity index (χ2v) is 4.28. The van der Waals surface area contributed by atoms with Gasteiger partial charge in [-0.2, -0.15) is 0 Å². The molecule has 0 atom stereocenters. The quantitative estimate of drug-likeness (QED) is 0.833. The lowest BCUT2D eigenvalue weighted by Crippen LogP contribution is -2.27. The molecule has 0 spiro atoms. The molecule has 0 saturated heterocycles. The average Bonchev–Trinajstić information content (AvgIpc) is 2.23. The third kappa shape index (κ3) is 1.60. The number of nitrogens with zero attached hydrogens (tertiary/aromatic N) is 3. The summed E-state index contributed by atoms with van der Waals surface area (Å²) >= 11 is 0. The van der Waals surface area contributed by atoms with E-state index in [2.05, 4.69) is 20.3 Å². The van der Waals surface area contributed by atoms with Crippen molar-refractivity contribution < 1.29 is 0 Å². The molecule has 1 fully saturated rings. The first kappa shape index (κ1) is 9.51. The van der Waals surface area contributed by atoms with Gasteiger partial charge in [0.15, 0.2) is 0 Å². The van der Waals surface area contributed by atoms with E-state index in [1.807, 2.05) is 13.0 Å². The Morgan fingerprint density at radius 2 is 2.19 bits per heavy atom. The number of rotatable bonds is 2. The van der Waals surface area contributed by atoms with Crippen LogP contribution >= 0.6 is 0 Å². The lowest BCUT2D eigenvalue weighted by atomic mass is 9.93. The molecule has 0 aromatic carbocycles. The molecular weight excluding hydrogens is 200 g/mol. The second kappa shape index (κ2) is 3.70. The standard InChI is InChI=1S/C12H14N4/c1-8-14-11-7-13-6-5-10(11)12(15-8)16-9-3-2-4-9/h5-7,9H,2-4H2,1H3,(H,14,15,16). The van der Waals surface area contributed by atoms with Crippen molar-refractivity contribution >= 4 is 16.7 Å². The van der Waals surface area contributed by atoms with Crippen LogP contribution in [0.5, 0.6) is 0 Å². The van der Waals surface area contributed by atoms with Crippen LogP contribution in [0.25, 0.3) is 10.9 Å². The fourth-order valence-electron chi connectivity index (χ4n) is 1.95. The molecular formula is C12H14N4. The summed E-state index contributed by atoms with van der Waals surface area (Å²) in [6, 6.07) is 2.56. The summed E-state index contributed by atoms with van der Waals surface area (Å²) in [5.41, 5.74) is 0.914. The van der Waals surface area contributed by atoms with Crippen LogP contribution in [0.1, 0.15) is 25.1 Å². The normalized spacial score (nSPS) is 16.1. The van der Waals surface area contributed by atoms with Gasteiger partial charge in [-0.25, -0.2) is 9.97 Å². The van der Waals surface area contributed by atoms with E-state index < -0.39 is 0 Å². The number of hydrogen-bond acceptors (Lipinski definition) is 4. The monoisotopic (exact) mass is 214 g/mol. The third-order valence-electron chi connectivity index (χ3n) is 3.06. The maximum Gasteiger partial charge on any atom is 0.137 e. The summed E-state index contributed by atoms with van der Waals surface area (Å²) in [5.74, 6) is 1.75. The topological polar surface area (TPSA) is 50.7 Å². The van der Waals surface area contributed by atoms with Crippen LogP contribution in [0.15, 0.2) is 18.5 Å². The van der Waals surface area contributed by atoms with Crippen LogP contribution in [0.2, 0.25) is 0 Å². The van der Waals surface area contributed by atoms with Gasteiger partial charge in [0.05, 0.1) is 11.7 Å². The Kier molecular flexibility index (Phi) is 2.20. The van der Waals surface area contributed by atoms with Crippen LogP contribution in [-0.4, -0.2) is 21.0 Å². The highest BCUT2D eigenvalue weighted by Gasteiger charge is 2.18. The molecule has 3 rings (SSSR count). The van der Waals surface area contributed by atoms with Crippen molar-refractivity contribution in [2.24, 2.45) is 0 Å². The fraction of sp³-hybridized carbons (Fsp3) is 0.417. The van der Waals surface area contributed by atoms with Gasteiger partial charge in [-0.3, -0.25) is 4.98 Å². The van der Waals surface area contributed by atoms with Crippen molar-refractivity contribution in [3.05, 3.63) is 24.3 Å². The molecule has 16 heavy (non-hydrogen) atoms. The Morgan fingerprint density at radius 1 is 1.31 bits per heavy atom. The number of pyridine rings is 1.